The van der Waals surface area contributed by atoms with Crippen LogP contribution in [0.15, 0.2) is 6.20 Å². The Bertz CT molecular complexity index is 388. The molecule has 0 saturated heterocycles. The van der Waals surface area contributed by atoms with Gasteiger partial charge in [0, 0.05) is 11.8 Å². The molecule has 1 aliphatic rings. The first-order chi connectivity index (χ1) is 8.15. The molecule has 0 atom stereocenters. The Morgan fingerprint density at radius 1 is 1.41 bits per heavy atom. The second-order valence-corrected chi connectivity index (χ2v) is 4.88. The zero-order valence-electron chi connectivity index (χ0n) is 10.2. The van der Waals surface area contributed by atoms with E-state index in [2.05, 4.69) is 15.3 Å². The molecule has 0 unspecified atom stereocenters. The molecule has 1 fully saturated rings. The van der Waals surface area contributed by atoms with Crippen LogP contribution in [0.3, 0.4) is 0 Å². The number of aliphatic hydroxyl groups is 1. The predicted octanol–water partition coefficient (Wildman–Crippen LogP) is 1.47. The number of aliphatic hydroxyl groups excluding tert-OH is 1. The second-order valence-electron chi connectivity index (χ2n) is 4.88. The van der Waals surface area contributed by atoms with Crippen LogP contribution in [0.1, 0.15) is 37.7 Å². The highest BCUT2D eigenvalue weighted by molar-refractivity contribution is 5.47. The standard InChI is InChI=1S/C12H20N4O/c1-9-7-14-11(13)15-10(9)16-12(8-17)5-3-2-4-6-12/h7,17H,2-6,8H2,1H3,(H3,13,14,15,16). The highest BCUT2D eigenvalue weighted by Crippen LogP contribution is 2.31. The van der Waals surface area contributed by atoms with Crippen LogP contribution in [0.5, 0.6) is 0 Å². The molecule has 2 rings (SSSR count). The van der Waals surface area contributed by atoms with Gasteiger partial charge in [-0.15, -0.1) is 0 Å². The fourth-order valence-electron chi connectivity index (χ4n) is 2.38. The van der Waals surface area contributed by atoms with Gasteiger partial charge in [0.25, 0.3) is 0 Å². The van der Waals surface area contributed by atoms with Crippen molar-refractivity contribution in [1.82, 2.24) is 9.97 Å². The number of nitrogens with one attached hydrogen (secondary N) is 1. The minimum atomic E-state index is -0.232. The van der Waals surface area contributed by atoms with Crippen LogP contribution in [0.2, 0.25) is 0 Å². The molecule has 94 valence electrons. The van der Waals surface area contributed by atoms with Crippen molar-refractivity contribution in [3.63, 3.8) is 0 Å². The lowest BCUT2D eigenvalue weighted by Gasteiger charge is -2.37. The van der Waals surface area contributed by atoms with E-state index in [4.69, 9.17) is 5.73 Å². The van der Waals surface area contributed by atoms with E-state index in [0.717, 1.165) is 37.1 Å². The van der Waals surface area contributed by atoms with Crippen molar-refractivity contribution >= 4 is 11.8 Å². The van der Waals surface area contributed by atoms with Crippen molar-refractivity contribution in [2.45, 2.75) is 44.6 Å². The summed E-state index contributed by atoms with van der Waals surface area (Å²) in [4.78, 5) is 8.15. The van der Waals surface area contributed by atoms with E-state index in [1.807, 2.05) is 6.92 Å². The molecule has 1 aromatic rings. The van der Waals surface area contributed by atoms with E-state index in [1.54, 1.807) is 6.20 Å². The van der Waals surface area contributed by atoms with E-state index < -0.39 is 0 Å². The van der Waals surface area contributed by atoms with Crippen LogP contribution in [-0.4, -0.2) is 27.2 Å². The molecule has 1 saturated carbocycles. The highest BCUT2D eigenvalue weighted by Gasteiger charge is 2.31. The van der Waals surface area contributed by atoms with E-state index in [9.17, 15) is 5.11 Å². The molecule has 4 N–H and O–H groups in total. The summed E-state index contributed by atoms with van der Waals surface area (Å²) in [7, 11) is 0. The van der Waals surface area contributed by atoms with Crippen molar-refractivity contribution in [3.05, 3.63) is 11.8 Å². The van der Waals surface area contributed by atoms with Crippen LogP contribution in [0.25, 0.3) is 0 Å². The van der Waals surface area contributed by atoms with Gasteiger partial charge < -0.3 is 16.2 Å². The molecule has 1 heterocycles. The van der Waals surface area contributed by atoms with Gasteiger partial charge in [-0.1, -0.05) is 19.3 Å². The Labute approximate surface area is 101 Å². The summed E-state index contributed by atoms with van der Waals surface area (Å²) in [5.74, 6) is 1.01. The molecule has 5 heteroatoms. The van der Waals surface area contributed by atoms with Crippen LogP contribution in [0, 0.1) is 6.92 Å². The summed E-state index contributed by atoms with van der Waals surface area (Å²) >= 11 is 0. The van der Waals surface area contributed by atoms with Crippen molar-refractivity contribution in [3.8, 4) is 0 Å². The lowest BCUT2D eigenvalue weighted by atomic mass is 9.82. The Hall–Kier alpha value is -1.36. The van der Waals surface area contributed by atoms with Crippen LogP contribution in [-0.2, 0) is 0 Å². The molecule has 0 amide bonds. The zero-order chi connectivity index (χ0) is 12.3. The minimum absolute atomic E-state index is 0.135. The first-order valence-corrected chi connectivity index (χ1v) is 6.13. The molecule has 1 aromatic heterocycles. The van der Waals surface area contributed by atoms with Crippen LogP contribution >= 0.6 is 0 Å². The number of hydrogen-bond acceptors (Lipinski definition) is 5. The molecule has 0 aliphatic heterocycles. The van der Waals surface area contributed by atoms with Crippen LogP contribution in [0.4, 0.5) is 11.8 Å². The van der Waals surface area contributed by atoms with Gasteiger partial charge in [0.15, 0.2) is 0 Å². The maximum atomic E-state index is 9.63. The quantitative estimate of drug-likeness (QED) is 0.740. The zero-order valence-corrected chi connectivity index (χ0v) is 10.2. The van der Waals surface area contributed by atoms with Crippen molar-refractivity contribution in [2.24, 2.45) is 0 Å². The van der Waals surface area contributed by atoms with Crippen molar-refractivity contribution in [1.29, 1.82) is 0 Å². The van der Waals surface area contributed by atoms with E-state index >= 15 is 0 Å². The number of nitrogen functional groups attached to an aromatic ring is 1. The largest absolute Gasteiger partial charge is 0.394 e. The van der Waals surface area contributed by atoms with Gasteiger partial charge >= 0.3 is 0 Å². The predicted molar refractivity (Wildman–Crippen MR) is 67.7 cm³/mol. The van der Waals surface area contributed by atoms with Gasteiger partial charge in [-0.25, -0.2) is 4.98 Å². The lowest BCUT2D eigenvalue weighted by molar-refractivity contribution is 0.172. The molecular weight excluding hydrogens is 216 g/mol. The van der Waals surface area contributed by atoms with Gasteiger partial charge in [0.1, 0.15) is 5.82 Å². The Morgan fingerprint density at radius 3 is 2.76 bits per heavy atom. The first kappa shape index (κ1) is 12.1. The number of aromatic nitrogens is 2. The minimum Gasteiger partial charge on any atom is -0.394 e. The molecule has 0 radical (unpaired) electrons. The Balaban J connectivity index is 2.20. The van der Waals surface area contributed by atoms with Crippen molar-refractivity contribution < 1.29 is 5.11 Å². The number of hydrogen-bond donors (Lipinski definition) is 3. The lowest BCUT2D eigenvalue weighted by Crippen LogP contribution is -2.44. The van der Waals surface area contributed by atoms with Gasteiger partial charge in [0.2, 0.25) is 5.95 Å². The average Bonchev–Trinajstić information content (AvgIpc) is 2.35. The fraction of sp³-hybridized carbons (Fsp3) is 0.667. The Kier molecular flexibility index (Phi) is 3.47. The topological polar surface area (TPSA) is 84.1 Å². The molecule has 1 aliphatic carbocycles. The number of nitrogens with zero attached hydrogens (tertiary/aromatic N) is 2. The first-order valence-electron chi connectivity index (χ1n) is 6.13. The normalized spacial score (nSPS) is 18.9. The van der Waals surface area contributed by atoms with Gasteiger partial charge in [-0.3, -0.25) is 0 Å². The Morgan fingerprint density at radius 2 is 2.12 bits per heavy atom. The summed E-state index contributed by atoms with van der Waals surface area (Å²) in [5, 5.41) is 13.0. The maximum absolute atomic E-state index is 9.63. The highest BCUT2D eigenvalue weighted by atomic mass is 16.3. The summed E-state index contributed by atoms with van der Waals surface area (Å²) in [6, 6.07) is 0. The van der Waals surface area contributed by atoms with E-state index in [1.165, 1.54) is 6.42 Å². The summed E-state index contributed by atoms with van der Waals surface area (Å²) < 4.78 is 0. The molecule has 17 heavy (non-hydrogen) atoms. The molecule has 0 aromatic carbocycles. The van der Waals surface area contributed by atoms with Gasteiger partial charge in [0.05, 0.1) is 12.1 Å². The number of aryl methyl sites for hydroxylation is 1. The third-order valence-corrected chi connectivity index (χ3v) is 3.49. The van der Waals surface area contributed by atoms with Gasteiger partial charge in [-0.2, -0.15) is 4.98 Å². The molecular formula is C12H20N4O. The van der Waals surface area contributed by atoms with Crippen LogP contribution < -0.4 is 11.1 Å². The fourth-order valence-corrected chi connectivity index (χ4v) is 2.38. The SMILES string of the molecule is Cc1cnc(N)nc1NC1(CO)CCCCC1. The molecule has 0 bridgehead atoms. The smallest absolute Gasteiger partial charge is 0.221 e. The van der Waals surface area contributed by atoms with E-state index in [-0.39, 0.29) is 18.1 Å². The molecule has 5 nitrogen and oxygen atoms in total. The number of rotatable bonds is 3. The number of nitrogens with two attached hydrogens (primary N) is 1. The number of anilines is 2. The second kappa shape index (κ2) is 4.87. The van der Waals surface area contributed by atoms with Gasteiger partial charge in [-0.05, 0) is 19.8 Å². The monoisotopic (exact) mass is 236 g/mol. The van der Waals surface area contributed by atoms with E-state index in [0.29, 0.717) is 0 Å². The molecule has 0 spiro atoms. The summed E-state index contributed by atoms with van der Waals surface area (Å²) in [6.45, 7) is 2.08. The average molecular weight is 236 g/mol. The third kappa shape index (κ3) is 2.66. The summed E-state index contributed by atoms with van der Waals surface area (Å²) in [5.41, 5.74) is 6.32. The van der Waals surface area contributed by atoms with Crippen molar-refractivity contribution in [2.75, 3.05) is 17.7 Å². The summed E-state index contributed by atoms with van der Waals surface area (Å²) in [6.07, 6.45) is 7.20. The third-order valence-electron chi connectivity index (χ3n) is 3.49. The maximum Gasteiger partial charge on any atom is 0.221 e.